The van der Waals surface area contributed by atoms with Gasteiger partial charge in [0.1, 0.15) is 18.4 Å². The molecule has 0 spiro atoms. The van der Waals surface area contributed by atoms with Crippen LogP contribution < -0.4 is 10.1 Å². The number of hydrogen-bond donors (Lipinski definition) is 1. The number of benzene rings is 2. The van der Waals surface area contributed by atoms with Crippen LogP contribution in [-0.2, 0) is 6.54 Å². The zero-order valence-corrected chi connectivity index (χ0v) is 15.7. The quantitative estimate of drug-likeness (QED) is 0.728. The third-order valence-corrected chi connectivity index (χ3v) is 4.54. The number of carbonyl (C=O) groups is 1. The molecule has 0 saturated heterocycles. The van der Waals surface area contributed by atoms with Crippen molar-refractivity contribution in [3.05, 3.63) is 72.3 Å². The highest BCUT2D eigenvalue weighted by Crippen LogP contribution is 2.20. The van der Waals surface area contributed by atoms with Crippen molar-refractivity contribution in [1.29, 1.82) is 0 Å². The zero-order chi connectivity index (χ0) is 19.2. The molecule has 7 nitrogen and oxygen atoms in total. The van der Waals surface area contributed by atoms with E-state index in [0.29, 0.717) is 6.54 Å². The van der Waals surface area contributed by atoms with Gasteiger partial charge in [-0.25, -0.2) is 14.5 Å². The first-order chi connectivity index (χ1) is 13.1. The van der Waals surface area contributed by atoms with E-state index in [-0.39, 0.29) is 12.1 Å². The monoisotopic (exact) mass is 365 g/mol. The molecule has 1 N–H and O–H groups in total. The van der Waals surface area contributed by atoms with Crippen LogP contribution in [0.5, 0.6) is 5.75 Å². The molecule has 27 heavy (non-hydrogen) atoms. The van der Waals surface area contributed by atoms with Gasteiger partial charge in [-0.05, 0) is 42.3 Å². The fourth-order valence-corrected chi connectivity index (χ4v) is 2.73. The first-order valence-electron chi connectivity index (χ1n) is 8.67. The molecule has 0 fully saturated rings. The van der Waals surface area contributed by atoms with Crippen LogP contribution in [0.15, 0.2) is 61.2 Å². The lowest BCUT2D eigenvalue weighted by Crippen LogP contribution is -2.38. The average molecular weight is 365 g/mol. The summed E-state index contributed by atoms with van der Waals surface area (Å²) in [5, 5.41) is 7.06. The molecule has 1 aromatic heterocycles. The van der Waals surface area contributed by atoms with Crippen molar-refractivity contribution in [2.45, 2.75) is 19.5 Å². The second kappa shape index (κ2) is 8.35. The lowest BCUT2D eigenvalue weighted by molar-refractivity contribution is 0.194. The fraction of sp³-hybridized carbons (Fsp3) is 0.250. The Hall–Kier alpha value is -3.35. The van der Waals surface area contributed by atoms with E-state index in [9.17, 15) is 4.79 Å². The van der Waals surface area contributed by atoms with Crippen molar-refractivity contribution < 1.29 is 9.53 Å². The van der Waals surface area contributed by atoms with Gasteiger partial charge in [-0.2, -0.15) is 5.10 Å². The van der Waals surface area contributed by atoms with Gasteiger partial charge in [-0.1, -0.05) is 24.3 Å². The highest BCUT2D eigenvalue weighted by atomic mass is 16.5. The number of urea groups is 1. The molecule has 3 rings (SSSR count). The summed E-state index contributed by atoms with van der Waals surface area (Å²) >= 11 is 0. The highest BCUT2D eigenvalue weighted by molar-refractivity contribution is 5.74. The minimum absolute atomic E-state index is 0.0693. The van der Waals surface area contributed by atoms with Crippen molar-refractivity contribution in [3.8, 4) is 11.4 Å². The highest BCUT2D eigenvalue weighted by Gasteiger charge is 2.17. The van der Waals surface area contributed by atoms with Gasteiger partial charge in [-0.15, -0.1) is 0 Å². The Kier molecular flexibility index (Phi) is 5.71. The van der Waals surface area contributed by atoms with Crippen LogP contribution in [-0.4, -0.2) is 39.9 Å². The molecular weight excluding hydrogens is 342 g/mol. The molecule has 0 aliphatic rings. The average Bonchev–Trinajstić information content (AvgIpc) is 3.26. The summed E-state index contributed by atoms with van der Waals surface area (Å²) in [6.45, 7) is 2.44. The van der Waals surface area contributed by atoms with E-state index in [0.717, 1.165) is 22.6 Å². The Morgan fingerprint density at radius 2 is 2.04 bits per heavy atom. The molecule has 0 aliphatic heterocycles. The minimum Gasteiger partial charge on any atom is -0.497 e. The molecular formula is C20H23N5O2. The van der Waals surface area contributed by atoms with Crippen molar-refractivity contribution in [2.75, 3.05) is 14.2 Å². The topological polar surface area (TPSA) is 72.3 Å². The van der Waals surface area contributed by atoms with Gasteiger partial charge >= 0.3 is 6.03 Å². The molecule has 1 unspecified atom stereocenters. The van der Waals surface area contributed by atoms with E-state index in [1.807, 2.05) is 55.5 Å². The zero-order valence-electron chi connectivity index (χ0n) is 15.7. The second-order valence-corrected chi connectivity index (χ2v) is 6.23. The summed E-state index contributed by atoms with van der Waals surface area (Å²) in [5.74, 6) is 0.774. The smallest absolute Gasteiger partial charge is 0.317 e. The van der Waals surface area contributed by atoms with Crippen LogP contribution in [0.1, 0.15) is 24.1 Å². The lowest BCUT2D eigenvalue weighted by atomic mass is 10.1. The van der Waals surface area contributed by atoms with Crippen molar-refractivity contribution in [3.63, 3.8) is 0 Å². The first kappa shape index (κ1) is 18.4. The van der Waals surface area contributed by atoms with Gasteiger partial charge in [0.25, 0.3) is 0 Å². The lowest BCUT2D eigenvalue weighted by Gasteiger charge is -2.26. The van der Waals surface area contributed by atoms with E-state index in [2.05, 4.69) is 15.4 Å². The number of nitrogens with one attached hydrogen (secondary N) is 1. The maximum absolute atomic E-state index is 12.5. The molecule has 2 aromatic carbocycles. The predicted molar refractivity (Wildman–Crippen MR) is 103 cm³/mol. The maximum Gasteiger partial charge on any atom is 0.317 e. The van der Waals surface area contributed by atoms with Gasteiger partial charge in [-0.3, -0.25) is 0 Å². The SMILES string of the molecule is COc1cccc(CNC(=O)N(C)C(C)c2ccc(-n3cncn3)cc2)c1. The summed E-state index contributed by atoms with van der Waals surface area (Å²) in [7, 11) is 3.41. The molecule has 7 heteroatoms. The number of methoxy groups -OCH3 is 1. The molecule has 1 atom stereocenters. The Morgan fingerprint density at radius 1 is 1.26 bits per heavy atom. The Balaban J connectivity index is 1.60. The maximum atomic E-state index is 12.5. The van der Waals surface area contributed by atoms with Gasteiger partial charge < -0.3 is 15.0 Å². The Morgan fingerprint density at radius 3 is 2.70 bits per heavy atom. The van der Waals surface area contributed by atoms with Crippen LogP contribution in [0.25, 0.3) is 5.69 Å². The number of hydrogen-bond acceptors (Lipinski definition) is 4. The van der Waals surface area contributed by atoms with Crippen LogP contribution in [0.4, 0.5) is 4.79 Å². The van der Waals surface area contributed by atoms with Crippen LogP contribution in [0, 0.1) is 0 Å². The summed E-state index contributed by atoms with van der Waals surface area (Å²) in [6.07, 6.45) is 3.15. The summed E-state index contributed by atoms with van der Waals surface area (Å²) < 4.78 is 6.90. The normalized spacial score (nSPS) is 11.7. The van der Waals surface area contributed by atoms with E-state index in [4.69, 9.17) is 4.74 Å². The third-order valence-electron chi connectivity index (χ3n) is 4.54. The molecule has 2 amide bonds. The van der Waals surface area contributed by atoms with E-state index in [1.54, 1.807) is 30.1 Å². The van der Waals surface area contributed by atoms with Gasteiger partial charge in [0, 0.05) is 13.6 Å². The third kappa shape index (κ3) is 4.44. The number of aromatic nitrogens is 3. The standard InChI is InChI=1S/C20H23N5O2/c1-15(17-7-9-18(10-8-17)25-14-21-13-23-25)24(2)20(26)22-12-16-5-4-6-19(11-16)27-3/h4-11,13-15H,12H2,1-3H3,(H,22,26). The van der Waals surface area contributed by atoms with E-state index < -0.39 is 0 Å². The molecule has 0 bridgehead atoms. The van der Waals surface area contributed by atoms with Gasteiger partial charge in [0.2, 0.25) is 0 Å². The van der Waals surface area contributed by atoms with Crippen LogP contribution >= 0.6 is 0 Å². The van der Waals surface area contributed by atoms with Crippen LogP contribution in [0.2, 0.25) is 0 Å². The molecule has 0 radical (unpaired) electrons. The summed E-state index contributed by atoms with van der Waals surface area (Å²) in [5.41, 5.74) is 2.95. The number of rotatable bonds is 6. The minimum atomic E-state index is -0.134. The second-order valence-electron chi connectivity index (χ2n) is 6.23. The largest absolute Gasteiger partial charge is 0.497 e. The van der Waals surface area contributed by atoms with Crippen LogP contribution in [0.3, 0.4) is 0 Å². The molecule has 0 aliphatic carbocycles. The predicted octanol–water partition coefficient (Wildman–Crippen LogP) is 3.18. The summed E-state index contributed by atoms with van der Waals surface area (Å²) in [4.78, 5) is 18.1. The van der Waals surface area contributed by atoms with Crippen molar-refractivity contribution in [2.24, 2.45) is 0 Å². The van der Waals surface area contributed by atoms with Crippen molar-refractivity contribution >= 4 is 6.03 Å². The van der Waals surface area contributed by atoms with Crippen molar-refractivity contribution in [1.82, 2.24) is 25.0 Å². The van der Waals surface area contributed by atoms with Gasteiger partial charge in [0.05, 0.1) is 18.8 Å². The first-order valence-corrected chi connectivity index (χ1v) is 8.67. The van der Waals surface area contributed by atoms with E-state index >= 15 is 0 Å². The molecule has 1 heterocycles. The van der Waals surface area contributed by atoms with Gasteiger partial charge in [0.15, 0.2) is 0 Å². The number of ether oxygens (including phenoxy) is 1. The number of nitrogens with zero attached hydrogens (tertiary/aromatic N) is 4. The number of amides is 2. The summed E-state index contributed by atoms with van der Waals surface area (Å²) in [6, 6.07) is 15.4. The Labute approximate surface area is 158 Å². The van der Waals surface area contributed by atoms with E-state index in [1.165, 1.54) is 6.33 Å². The molecule has 140 valence electrons. The Bertz CT molecular complexity index is 878. The molecule has 3 aromatic rings. The number of carbonyl (C=O) groups excluding carboxylic acids is 1. The fourth-order valence-electron chi connectivity index (χ4n) is 2.73. The molecule has 0 saturated carbocycles.